The molecule has 9 nitrogen and oxygen atoms in total. The Bertz CT molecular complexity index is 1520. The molecule has 0 bridgehead atoms. The second kappa shape index (κ2) is 12.2. The normalized spacial score (nSPS) is 20.2. The Morgan fingerprint density at radius 2 is 1.86 bits per heavy atom. The first-order valence-electron chi connectivity index (χ1n) is 14.5. The number of nitrogens with zero attached hydrogens (tertiary/aromatic N) is 5. The van der Waals surface area contributed by atoms with Crippen LogP contribution in [0.2, 0.25) is 0 Å². The van der Waals surface area contributed by atoms with Crippen LogP contribution in [0.25, 0.3) is 11.3 Å². The zero-order valence-electron chi connectivity index (χ0n) is 24.9. The second-order valence-corrected chi connectivity index (χ2v) is 12.8. The summed E-state index contributed by atoms with van der Waals surface area (Å²) in [5.41, 5.74) is 1.56. The topological polar surface area (TPSA) is 89.8 Å². The summed E-state index contributed by atoms with van der Waals surface area (Å²) in [5.74, 6) is -2.53. The van der Waals surface area contributed by atoms with Gasteiger partial charge in [0.05, 0.1) is 18.8 Å². The number of fused-ring (bicyclic) bond motifs is 1. The molecule has 1 saturated heterocycles. The molecule has 2 aromatic carbocycles. The lowest BCUT2D eigenvalue weighted by Crippen LogP contribution is -2.53. The smallest absolute Gasteiger partial charge is 0.411 e. The molecule has 2 amide bonds. The summed E-state index contributed by atoms with van der Waals surface area (Å²) in [6.45, 7) is 9.83. The molecule has 5 rings (SSSR count). The van der Waals surface area contributed by atoms with E-state index < -0.39 is 35.4 Å². The summed E-state index contributed by atoms with van der Waals surface area (Å²) >= 11 is 3.65. The van der Waals surface area contributed by atoms with Gasteiger partial charge in [-0.15, -0.1) is 5.10 Å². The van der Waals surface area contributed by atoms with Crippen LogP contribution >= 0.6 is 15.9 Å². The molecule has 230 valence electrons. The lowest BCUT2D eigenvalue weighted by atomic mass is 9.92. The molecular formula is C31H36BrF2N5O4. The largest absolute Gasteiger partial charge is 0.491 e. The Morgan fingerprint density at radius 1 is 1.09 bits per heavy atom. The minimum atomic E-state index is -1.10. The van der Waals surface area contributed by atoms with Crippen LogP contribution in [-0.4, -0.2) is 67.6 Å². The first kappa shape index (κ1) is 30.9. The minimum absolute atomic E-state index is 0.0336. The molecule has 43 heavy (non-hydrogen) atoms. The maximum Gasteiger partial charge on any atom is 0.411 e. The van der Waals surface area contributed by atoms with E-state index in [-0.39, 0.29) is 48.5 Å². The third-order valence-corrected chi connectivity index (χ3v) is 8.63. The number of ether oxygens (including phenoxy) is 2. The predicted octanol–water partition coefficient (Wildman–Crippen LogP) is 6.30. The number of aromatic nitrogens is 3. The van der Waals surface area contributed by atoms with Crippen LogP contribution < -0.4 is 4.74 Å². The molecule has 2 aliphatic heterocycles. The Labute approximate surface area is 258 Å². The van der Waals surface area contributed by atoms with Gasteiger partial charge in [-0.1, -0.05) is 40.2 Å². The Balaban J connectivity index is 1.43. The molecule has 0 N–H and O–H groups in total. The maximum atomic E-state index is 14.9. The summed E-state index contributed by atoms with van der Waals surface area (Å²) in [6, 6.07) is 7.46. The molecule has 0 aliphatic carbocycles. The van der Waals surface area contributed by atoms with E-state index in [1.54, 1.807) is 27.7 Å². The van der Waals surface area contributed by atoms with Gasteiger partial charge < -0.3 is 14.4 Å². The van der Waals surface area contributed by atoms with E-state index in [0.29, 0.717) is 13.0 Å². The highest BCUT2D eigenvalue weighted by Gasteiger charge is 2.46. The molecule has 3 aromatic rings. The van der Waals surface area contributed by atoms with Gasteiger partial charge in [-0.2, -0.15) is 4.39 Å². The van der Waals surface area contributed by atoms with Gasteiger partial charge in [0.1, 0.15) is 17.3 Å². The fourth-order valence-corrected chi connectivity index (χ4v) is 6.36. The standard InChI is InChI=1S/C31H36BrF2N5O4/c1-6-19-13-22-18(9-8-10-23(22)32)15-37(19)29(40)25-14-20(16-38(25)30(41)43-31(3,4)5)39-17-24(35-36-39)21-11-12-26(42-7-2)28(34)27(21)33/h8-12,17,19-20,25H,6-7,13-16H2,1-5H3/t19?,20?,25-/m0/s1. The monoisotopic (exact) mass is 659 g/mol. The number of halogens is 3. The zero-order valence-corrected chi connectivity index (χ0v) is 26.5. The number of hydrogen-bond acceptors (Lipinski definition) is 6. The highest BCUT2D eigenvalue weighted by Crippen LogP contribution is 2.36. The number of rotatable bonds is 6. The molecule has 2 unspecified atom stereocenters. The van der Waals surface area contributed by atoms with Gasteiger partial charge in [0.15, 0.2) is 11.6 Å². The molecule has 3 heterocycles. The van der Waals surface area contributed by atoms with Gasteiger partial charge in [0.25, 0.3) is 0 Å². The van der Waals surface area contributed by atoms with Crippen molar-refractivity contribution in [3.05, 3.63) is 63.8 Å². The Morgan fingerprint density at radius 3 is 2.56 bits per heavy atom. The SMILES string of the molecule is CCOc1ccc(-c2cn(C3C[C@@H](C(=O)N4Cc5cccc(Br)c5CC4CC)N(C(=O)OC(C)(C)C)C3)nn2)c(F)c1F. The van der Waals surface area contributed by atoms with E-state index >= 15 is 0 Å². The van der Waals surface area contributed by atoms with Crippen molar-refractivity contribution in [1.82, 2.24) is 24.8 Å². The highest BCUT2D eigenvalue weighted by atomic mass is 79.9. The van der Waals surface area contributed by atoms with Crippen LogP contribution in [0, 0.1) is 11.6 Å². The van der Waals surface area contributed by atoms with Crippen molar-refractivity contribution < 1.29 is 27.8 Å². The molecule has 2 aliphatic rings. The van der Waals surface area contributed by atoms with Gasteiger partial charge >= 0.3 is 6.09 Å². The summed E-state index contributed by atoms with van der Waals surface area (Å²) in [4.78, 5) is 31.0. The first-order valence-corrected chi connectivity index (χ1v) is 15.3. The van der Waals surface area contributed by atoms with Crippen LogP contribution in [0.3, 0.4) is 0 Å². The van der Waals surface area contributed by atoms with Crippen molar-refractivity contribution in [3.63, 3.8) is 0 Å². The molecular weight excluding hydrogens is 624 g/mol. The van der Waals surface area contributed by atoms with Gasteiger partial charge in [-0.25, -0.2) is 13.9 Å². The average molecular weight is 661 g/mol. The predicted molar refractivity (Wildman–Crippen MR) is 159 cm³/mol. The summed E-state index contributed by atoms with van der Waals surface area (Å²) in [5, 5.41) is 8.27. The van der Waals surface area contributed by atoms with Crippen LogP contribution in [-0.2, 0) is 22.5 Å². The number of benzene rings is 2. The lowest BCUT2D eigenvalue weighted by molar-refractivity contribution is -0.139. The van der Waals surface area contributed by atoms with Crippen LogP contribution in [0.4, 0.5) is 13.6 Å². The third kappa shape index (κ3) is 6.25. The fourth-order valence-electron chi connectivity index (χ4n) is 5.79. The number of carbonyl (C=O) groups is 2. The van der Waals surface area contributed by atoms with Gasteiger partial charge in [0, 0.05) is 35.6 Å². The summed E-state index contributed by atoms with van der Waals surface area (Å²) < 4.78 is 42.8. The number of carbonyl (C=O) groups excluding carboxylic acids is 2. The number of amides is 2. The van der Waals surface area contributed by atoms with Crippen molar-refractivity contribution in [3.8, 4) is 17.0 Å². The van der Waals surface area contributed by atoms with E-state index in [1.807, 2.05) is 23.1 Å². The fraction of sp³-hybridized carbons (Fsp3) is 0.484. The van der Waals surface area contributed by atoms with Crippen molar-refractivity contribution in [2.75, 3.05) is 13.2 Å². The van der Waals surface area contributed by atoms with Gasteiger partial charge in [-0.3, -0.25) is 9.69 Å². The quantitative estimate of drug-likeness (QED) is 0.309. The van der Waals surface area contributed by atoms with Crippen molar-refractivity contribution >= 4 is 27.9 Å². The van der Waals surface area contributed by atoms with Gasteiger partial charge in [0.2, 0.25) is 11.7 Å². The molecule has 0 saturated carbocycles. The van der Waals surface area contributed by atoms with Gasteiger partial charge in [-0.05, 0) is 69.9 Å². The van der Waals surface area contributed by atoms with Crippen LogP contribution in [0.5, 0.6) is 5.75 Å². The summed E-state index contributed by atoms with van der Waals surface area (Å²) in [7, 11) is 0. The van der Waals surface area contributed by atoms with Crippen LogP contribution in [0.1, 0.15) is 64.6 Å². The Kier molecular flexibility index (Phi) is 8.78. The molecule has 0 spiro atoms. The number of likely N-dealkylation sites (tertiary alicyclic amines) is 1. The van der Waals surface area contributed by atoms with Crippen molar-refractivity contribution in [2.24, 2.45) is 0 Å². The molecule has 0 radical (unpaired) electrons. The van der Waals surface area contributed by atoms with E-state index in [0.717, 1.165) is 16.5 Å². The molecule has 12 heteroatoms. The van der Waals surface area contributed by atoms with E-state index in [4.69, 9.17) is 9.47 Å². The minimum Gasteiger partial charge on any atom is -0.491 e. The molecule has 3 atom stereocenters. The molecule has 1 fully saturated rings. The number of hydrogen-bond donors (Lipinski definition) is 0. The first-order chi connectivity index (χ1) is 20.4. The van der Waals surface area contributed by atoms with Crippen molar-refractivity contribution in [2.45, 2.75) is 84.2 Å². The Hall–Kier alpha value is -3.54. The maximum absolute atomic E-state index is 14.9. The van der Waals surface area contributed by atoms with E-state index in [9.17, 15) is 18.4 Å². The molecule has 1 aromatic heterocycles. The second-order valence-electron chi connectivity index (χ2n) is 11.9. The van der Waals surface area contributed by atoms with Crippen molar-refractivity contribution in [1.29, 1.82) is 0 Å². The highest BCUT2D eigenvalue weighted by molar-refractivity contribution is 9.10. The van der Waals surface area contributed by atoms with E-state index in [2.05, 4.69) is 33.2 Å². The van der Waals surface area contributed by atoms with E-state index in [1.165, 1.54) is 33.5 Å². The zero-order chi connectivity index (χ0) is 31.1. The summed E-state index contributed by atoms with van der Waals surface area (Å²) in [6.07, 6.45) is 2.64. The lowest BCUT2D eigenvalue weighted by Gasteiger charge is -2.39. The third-order valence-electron chi connectivity index (χ3n) is 7.89. The average Bonchev–Trinajstić information content (AvgIpc) is 3.62. The van der Waals surface area contributed by atoms with Crippen LogP contribution in [0.15, 0.2) is 41.0 Å².